The van der Waals surface area contributed by atoms with E-state index in [4.69, 9.17) is 13.9 Å². The summed E-state index contributed by atoms with van der Waals surface area (Å²) < 4.78 is 16.3. The summed E-state index contributed by atoms with van der Waals surface area (Å²) in [4.78, 5) is 26.7. The topological polar surface area (TPSA) is 94.8 Å². The second kappa shape index (κ2) is 10.4. The van der Waals surface area contributed by atoms with E-state index < -0.39 is 6.04 Å². The van der Waals surface area contributed by atoms with Gasteiger partial charge in [0.05, 0.1) is 19.0 Å². The standard InChI is InChI=1S/C19H29N3O5S/c1-13(2)10-15(22(12-23)14-6-4-3-5-7-14)17(24)18-20-21-19(27-18)28-11-16-25-8-9-26-16/h12-16H,3-11H2,1-2H3/t15-/m0/s1. The summed E-state index contributed by atoms with van der Waals surface area (Å²) in [6.45, 7) is 5.25. The van der Waals surface area contributed by atoms with Crippen molar-refractivity contribution in [2.75, 3.05) is 19.0 Å². The first kappa shape index (κ1) is 21.3. The van der Waals surface area contributed by atoms with Gasteiger partial charge in [0.15, 0.2) is 6.29 Å². The van der Waals surface area contributed by atoms with Crippen molar-refractivity contribution in [2.45, 2.75) is 76.0 Å². The Morgan fingerprint density at radius 3 is 2.57 bits per heavy atom. The van der Waals surface area contributed by atoms with Crippen LogP contribution in [0.5, 0.6) is 0 Å². The van der Waals surface area contributed by atoms with Crippen LogP contribution in [0, 0.1) is 5.92 Å². The van der Waals surface area contributed by atoms with Crippen LogP contribution in [0.1, 0.15) is 63.1 Å². The molecule has 2 aliphatic rings. The molecular weight excluding hydrogens is 382 g/mol. The third kappa shape index (κ3) is 5.55. The van der Waals surface area contributed by atoms with E-state index in [0.717, 1.165) is 32.1 Å². The maximum atomic E-state index is 13.1. The summed E-state index contributed by atoms with van der Waals surface area (Å²) in [5, 5.41) is 8.21. The molecule has 0 unspecified atom stereocenters. The fourth-order valence-electron chi connectivity index (χ4n) is 3.76. The van der Waals surface area contributed by atoms with Gasteiger partial charge in [0.25, 0.3) is 11.1 Å². The van der Waals surface area contributed by atoms with E-state index in [1.165, 1.54) is 18.2 Å². The molecule has 1 saturated carbocycles. The molecule has 0 N–H and O–H groups in total. The molecular formula is C19H29N3O5S. The van der Waals surface area contributed by atoms with Gasteiger partial charge in [-0.05, 0) is 25.2 Å². The minimum absolute atomic E-state index is 0.0379. The molecule has 1 aliphatic carbocycles. The van der Waals surface area contributed by atoms with E-state index in [-0.39, 0.29) is 29.9 Å². The molecule has 28 heavy (non-hydrogen) atoms. The van der Waals surface area contributed by atoms with Gasteiger partial charge in [-0.1, -0.05) is 44.9 Å². The fraction of sp³-hybridized carbons (Fsp3) is 0.789. The first-order chi connectivity index (χ1) is 13.6. The summed E-state index contributed by atoms with van der Waals surface area (Å²) in [5.41, 5.74) is 0. The van der Waals surface area contributed by atoms with Gasteiger partial charge >= 0.3 is 0 Å². The van der Waals surface area contributed by atoms with E-state index in [9.17, 15) is 9.59 Å². The van der Waals surface area contributed by atoms with Crippen LogP contribution in [0.15, 0.2) is 9.64 Å². The first-order valence-corrected chi connectivity index (χ1v) is 11.0. The Labute approximate surface area is 169 Å². The molecule has 1 aliphatic heterocycles. The molecule has 2 fully saturated rings. The molecule has 1 aromatic heterocycles. The molecule has 0 bridgehead atoms. The van der Waals surface area contributed by atoms with Crippen LogP contribution in [0.4, 0.5) is 0 Å². The van der Waals surface area contributed by atoms with Crippen molar-refractivity contribution in [2.24, 2.45) is 5.92 Å². The molecule has 8 nitrogen and oxygen atoms in total. The molecule has 1 saturated heterocycles. The molecule has 0 spiro atoms. The number of ether oxygens (including phenoxy) is 2. The number of hydrogen-bond acceptors (Lipinski definition) is 8. The van der Waals surface area contributed by atoms with Crippen molar-refractivity contribution in [3.05, 3.63) is 5.89 Å². The monoisotopic (exact) mass is 411 g/mol. The molecule has 156 valence electrons. The highest BCUT2D eigenvalue weighted by Gasteiger charge is 2.35. The predicted molar refractivity (Wildman–Crippen MR) is 103 cm³/mol. The van der Waals surface area contributed by atoms with Crippen LogP contribution in [0.25, 0.3) is 0 Å². The quantitative estimate of drug-likeness (QED) is 0.329. The van der Waals surface area contributed by atoms with Crippen molar-refractivity contribution in [3.8, 4) is 0 Å². The summed E-state index contributed by atoms with van der Waals surface area (Å²) in [6.07, 6.45) is 6.34. The molecule has 1 aromatic rings. The summed E-state index contributed by atoms with van der Waals surface area (Å²) >= 11 is 1.30. The van der Waals surface area contributed by atoms with E-state index in [2.05, 4.69) is 10.2 Å². The minimum atomic E-state index is -0.569. The minimum Gasteiger partial charge on any atom is -0.408 e. The van der Waals surface area contributed by atoms with Gasteiger partial charge in [0.2, 0.25) is 12.2 Å². The number of rotatable bonds is 10. The highest BCUT2D eigenvalue weighted by Crippen LogP contribution is 2.27. The predicted octanol–water partition coefficient (Wildman–Crippen LogP) is 2.92. The van der Waals surface area contributed by atoms with Crippen LogP contribution in [0.2, 0.25) is 0 Å². The molecule has 9 heteroatoms. The van der Waals surface area contributed by atoms with Gasteiger partial charge in [-0.15, -0.1) is 10.2 Å². The lowest BCUT2D eigenvalue weighted by Gasteiger charge is -2.36. The van der Waals surface area contributed by atoms with E-state index in [1.54, 1.807) is 4.90 Å². The maximum absolute atomic E-state index is 13.1. The Morgan fingerprint density at radius 2 is 1.93 bits per heavy atom. The zero-order chi connectivity index (χ0) is 19.9. The smallest absolute Gasteiger partial charge is 0.286 e. The zero-order valence-corrected chi connectivity index (χ0v) is 17.4. The van der Waals surface area contributed by atoms with Crippen molar-refractivity contribution < 1.29 is 23.5 Å². The second-order valence-corrected chi connectivity index (χ2v) is 8.68. The van der Waals surface area contributed by atoms with Gasteiger partial charge in [0.1, 0.15) is 6.04 Å². The zero-order valence-electron chi connectivity index (χ0n) is 16.5. The summed E-state index contributed by atoms with van der Waals surface area (Å²) in [7, 11) is 0. The maximum Gasteiger partial charge on any atom is 0.286 e. The Morgan fingerprint density at radius 1 is 1.21 bits per heavy atom. The van der Waals surface area contributed by atoms with Gasteiger partial charge in [0, 0.05) is 6.04 Å². The number of nitrogens with zero attached hydrogens (tertiary/aromatic N) is 3. The SMILES string of the molecule is CC(C)C[C@@H](C(=O)c1nnc(SCC2OCCO2)o1)N(C=O)C1CCCCC1. The van der Waals surface area contributed by atoms with Crippen molar-refractivity contribution in [3.63, 3.8) is 0 Å². The third-order valence-electron chi connectivity index (χ3n) is 5.13. The lowest BCUT2D eigenvalue weighted by Crippen LogP contribution is -2.48. The Bertz CT molecular complexity index is 641. The van der Waals surface area contributed by atoms with Gasteiger partial charge in [-0.3, -0.25) is 9.59 Å². The van der Waals surface area contributed by atoms with Crippen LogP contribution in [-0.2, 0) is 14.3 Å². The molecule has 1 atom stereocenters. The summed E-state index contributed by atoms with van der Waals surface area (Å²) in [6, 6.07) is -0.465. The number of thioether (sulfide) groups is 1. The van der Waals surface area contributed by atoms with Crippen molar-refractivity contribution in [1.82, 2.24) is 15.1 Å². The molecule has 0 aromatic carbocycles. The van der Waals surface area contributed by atoms with Gasteiger partial charge < -0.3 is 18.8 Å². The van der Waals surface area contributed by atoms with Crippen LogP contribution in [-0.4, -0.2) is 64.6 Å². The number of carbonyl (C=O) groups excluding carboxylic acids is 2. The van der Waals surface area contributed by atoms with Gasteiger partial charge in [-0.2, -0.15) is 0 Å². The van der Waals surface area contributed by atoms with E-state index >= 15 is 0 Å². The highest BCUT2D eigenvalue weighted by molar-refractivity contribution is 7.99. The van der Waals surface area contributed by atoms with Crippen molar-refractivity contribution in [1.29, 1.82) is 0 Å². The molecule has 3 rings (SSSR count). The van der Waals surface area contributed by atoms with Gasteiger partial charge in [-0.25, -0.2) is 0 Å². The number of Topliss-reactive ketones (excluding diaryl/α,β-unsaturated/α-hetero) is 1. The summed E-state index contributed by atoms with van der Waals surface area (Å²) in [5.74, 6) is 0.463. The van der Waals surface area contributed by atoms with Crippen LogP contribution in [0.3, 0.4) is 0 Å². The van der Waals surface area contributed by atoms with Crippen molar-refractivity contribution >= 4 is 24.0 Å². The average Bonchev–Trinajstić information content (AvgIpc) is 3.38. The molecule has 0 radical (unpaired) electrons. The number of amides is 1. The number of hydrogen-bond donors (Lipinski definition) is 0. The van der Waals surface area contributed by atoms with Crippen LogP contribution >= 0.6 is 11.8 Å². The second-order valence-electron chi connectivity index (χ2n) is 7.71. The largest absolute Gasteiger partial charge is 0.408 e. The molecule has 2 heterocycles. The van der Waals surface area contributed by atoms with Crippen LogP contribution < -0.4 is 0 Å². The highest BCUT2D eigenvalue weighted by atomic mass is 32.2. The number of aromatic nitrogens is 2. The lowest BCUT2D eigenvalue weighted by atomic mass is 9.91. The Balaban J connectivity index is 1.68. The fourth-order valence-corrected chi connectivity index (χ4v) is 4.46. The average molecular weight is 412 g/mol. The normalized spacial score (nSPS) is 19.8. The lowest BCUT2D eigenvalue weighted by molar-refractivity contribution is -0.122. The Kier molecular flexibility index (Phi) is 7.87. The molecule has 1 amide bonds. The Hall–Kier alpha value is -1.45. The van der Waals surface area contributed by atoms with E-state index in [1.807, 2.05) is 13.8 Å². The van der Waals surface area contributed by atoms with E-state index in [0.29, 0.717) is 30.6 Å². The third-order valence-corrected chi connectivity index (χ3v) is 5.98. The first-order valence-electron chi connectivity index (χ1n) is 10.0. The number of ketones is 1. The number of carbonyl (C=O) groups is 2.